The second kappa shape index (κ2) is 25.5. The van der Waals surface area contributed by atoms with Gasteiger partial charge in [-0.1, -0.05) is 48.5 Å². The van der Waals surface area contributed by atoms with Crippen molar-refractivity contribution < 1.29 is 14.7 Å². The van der Waals surface area contributed by atoms with Crippen molar-refractivity contribution >= 4 is 67.0 Å². The summed E-state index contributed by atoms with van der Waals surface area (Å²) in [5, 5.41) is 8.75. The fourth-order valence-electron chi connectivity index (χ4n) is 8.13. The van der Waals surface area contributed by atoms with Gasteiger partial charge in [-0.2, -0.15) is 0 Å². The molecule has 73 heavy (non-hydrogen) atoms. The predicted molar refractivity (Wildman–Crippen MR) is 292 cm³/mol. The third-order valence-corrected chi connectivity index (χ3v) is 11.1. The van der Waals surface area contributed by atoms with E-state index in [1.165, 1.54) is 40.1 Å². The van der Waals surface area contributed by atoms with Gasteiger partial charge in [0, 0.05) is 33.7 Å². The van der Waals surface area contributed by atoms with E-state index in [0.29, 0.717) is 11.1 Å². The Morgan fingerprint density at radius 1 is 0.466 bits per heavy atom. The Morgan fingerprint density at radius 2 is 0.904 bits per heavy atom. The Hall–Kier alpha value is -7.81. The number of benzene rings is 5. The van der Waals surface area contributed by atoms with Gasteiger partial charge in [0.15, 0.2) is 0 Å². The molecule has 0 fully saturated rings. The lowest BCUT2D eigenvalue weighted by Crippen LogP contribution is -2.21. The van der Waals surface area contributed by atoms with Crippen LogP contribution in [-0.4, -0.2) is 180 Å². The summed E-state index contributed by atoms with van der Waals surface area (Å²) < 4.78 is 4.38. The van der Waals surface area contributed by atoms with Gasteiger partial charge in [-0.3, -0.25) is 14.6 Å². The average molecular weight is 991 g/mol. The molecule has 0 atom stereocenters. The van der Waals surface area contributed by atoms with Crippen molar-refractivity contribution in [1.82, 2.24) is 78.4 Å². The fourth-order valence-corrected chi connectivity index (χ4v) is 8.13. The molecule has 0 spiro atoms. The van der Waals surface area contributed by atoms with E-state index in [-0.39, 0.29) is 11.5 Å². The molecule has 4 N–H and O–H groups in total. The Labute approximate surface area is 426 Å². The number of carbonyl (C=O) groups is 2. The Kier molecular flexibility index (Phi) is 19.1. The van der Waals surface area contributed by atoms with E-state index in [1.807, 2.05) is 30.9 Å². The number of para-hydroxylation sites is 5. The Morgan fingerprint density at radius 3 is 1.45 bits per heavy atom. The molecule has 0 saturated heterocycles. The maximum Gasteiger partial charge on any atom is 0.337 e. The number of hydrogen-bond acceptors (Lipinski definition) is 12. The normalized spacial score (nSPS) is 11.2. The third kappa shape index (κ3) is 14.6. The molecule has 5 aromatic heterocycles. The lowest BCUT2D eigenvalue weighted by atomic mass is 10.1. The summed E-state index contributed by atoms with van der Waals surface area (Å²) in [6.45, 7) is 4.53. The molecule has 0 radical (unpaired) electrons. The van der Waals surface area contributed by atoms with Gasteiger partial charge in [-0.15, -0.1) is 0 Å². The van der Waals surface area contributed by atoms with Crippen LogP contribution in [0.5, 0.6) is 0 Å². The van der Waals surface area contributed by atoms with Crippen molar-refractivity contribution in [2.24, 2.45) is 0 Å². The van der Waals surface area contributed by atoms with E-state index >= 15 is 0 Å². The molecule has 5 aromatic carbocycles. The number of hydrogen-bond donors (Lipinski definition) is 4. The summed E-state index contributed by atoms with van der Waals surface area (Å²) in [7, 11) is 24.2. The number of imidazole rings is 5. The zero-order valence-corrected chi connectivity index (χ0v) is 44.2. The lowest BCUT2D eigenvalue weighted by molar-refractivity contribution is 0.0698. The Bertz CT molecular complexity index is 3340. The van der Waals surface area contributed by atoms with E-state index in [1.54, 1.807) is 49.8 Å². The standard InChI is InChI=1S/2C13H20N4.C10H11N3O.C10H13N3.C8H6N2O2/c1-15(2)8-11-6-5-7-12-13(11)14-9-17(12)10-16(3)4;1-15(2)8-11-6-5-7-12-13(11)17(9-14-12)10-16(3)4;1-13(2)10(14)7-4-3-5-8-9(7)12-6-11-8;1-13(2)6-8-4-3-5-9-10(8)12-7-11-9;11-8(12)5-2-1-3-6-7(5)10-4-9-6/h2*5-7,9H,8,10H2,1-4H3;3-6H,1-2H3,(H,11,12);3-5,7H,6H2,1-2H3,(H,11,12);1-4H,(H,9,10)(H,11,12). The molecule has 384 valence electrons. The fraction of sp³-hybridized carbons (Fsp3) is 0.315. The summed E-state index contributed by atoms with van der Waals surface area (Å²) in [5.41, 5.74) is 14.4. The van der Waals surface area contributed by atoms with E-state index in [2.05, 4.69) is 193 Å². The molecule has 0 unspecified atom stereocenters. The van der Waals surface area contributed by atoms with Gasteiger partial charge in [0.25, 0.3) is 5.91 Å². The van der Waals surface area contributed by atoms with E-state index in [9.17, 15) is 9.59 Å². The van der Waals surface area contributed by atoms with Crippen molar-refractivity contribution in [2.45, 2.75) is 33.0 Å². The first-order valence-electron chi connectivity index (χ1n) is 23.7. The molecule has 0 saturated carbocycles. The number of aromatic amines is 3. The van der Waals surface area contributed by atoms with Crippen LogP contribution < -0.4 is 0 Å². The SMILES string of the molecule is CN(C)C(=O)c1cccc2[nH]cnc12.CN(C)Cc1cccc2[nH]cnc12.CN(C)Cc1cccc2c1ncn2CN(C)C.CN(C)Cc1cccc2ncn(CN(C)C)c12.O=C(O)c1cccc2[nH]cnc12. The van der Waals surface area contributed by atoms with Crippen LogP contribution in [0.15, 0.2) is 123 Å². The molecule has 0 bridgehead atoms. The second-order valence-electron chi connectivity index (χ2n) is 19.1. The molecule has 10 rings (SSSR count). The van der Waals surface area contributed by atoms with Crippen LogP contribution in [0.25, 0.3) is 55.2 Å². The van der Waals surface area contributed by atoms with Gasteiger partial charge in [-0.25, -0.2) is 29.7 Å². The predicted octanol–water partition coefficient (Wildman–Crippen LogP) is 7.38. The van der Waals surface area contributed by atoms with Crippen LogP contribution in [0.2, 0.25) is 0 Å². The highest BCUT2D eigenvalue weighted by molar-refractivity contribution is 6.04. The molecule has 0 aliphatic rings. The van der Waals surface area contributed by atoms with Crippen molar-refractivity contribution in [3.8, 4) is 0 Å². The highest BCUT2D eigenvalue weighted by Crippen LogP contribution is 2.21. The summed E-state index contributed by atoms with van der Waals surface area (Å²) in [6, 6.07) is 29.5. The molecule has 19 nitrogen and oxygen atoms in total. The number of carbonyl (C=O) groups excluding carboxylic acids is 1. The highest BCUT2D eigenvalue weighted by Gasteiger charge is 2.14. The molecular formula is C54H70N16O3. The quantitative estimate of drug-likeness (QED) is 0.0948. The number of nitrogens with zero attached hydrogens (tertiary/aromatic N) is 13. The monoisotopic (exact) mass is 991 g/mol. The maximum absolute atomic E-state index is 11.7. The van der Waals surface area contributed by atoms with Crippen LogP contribution >= 0.6 is 0 Å². The molecule has 5 heterocycles. The van der Waals surface area contributed by atoms with Crippen LogP contribution in [0, 0.1) is 0 Å². The molecule has 0 aliphatic heterocycles. The first-order chi connectivity index (χ1) is 34.9. The van der Waals surface area contributed by atoms with E-state index < -0.39 is 5.97 Å². The number of fused-ring (bicyclic) bond motifs is 5. The minimum atomic E-state index is -0.951. The smallest absolute Gasteiger partial charge is 0.337 e. The number of carboxylic acid groups (broad SMARTS) is 1. The largest absolute Gasteiger partial charge is 0.478 e. The minimum absolute atomic E-state index is 0.0253. The second-order valence-corrected chi connectivity index (χ2v) is 19.1. The van der Waals surface area contributed by atoms with Crippen LogP contribution in [0.3, 0.4) is 0 Å². The van der Waals surface area contributed by atoms with Gasteiger partial charge in [0.2, 0.25) is 0 Å². The number of nitrogens with one attached hydrogen (secondary N) is 3. The highest BCUT2D eigenvalue weighted by atomic mass is 16.4. The first-order valence-corrected chi connectivity index (χ1v) is 23.7. The summed E-state index contributed by atoms with van der Waals surface area (Å²) in [4.78, 5) is 64.9. The number of aromatic nitrogens is 10. The molecule has 19 heteroatoms. The summed E-state index contributed by atoms with van der Waals surface area (Å²) in [6.07, 6.45) is 8.66. The van der Waals surface area contributed by atoms with E-state index in [0.717, 1.165) is 71.6 Å². The molecule has 10 aromatic rings. The number of H-pyrrole nitrogens is 3. The zero-order valence-electron chi connectivity index (χ0n) is 44.2. The van der Waals surface area contributed by atoms with Gasteiger partial charge < -0.3 is 48.8 Å². The van der Waals surface area contributed by atoms with Gasteiger partial charge in [0.1, 0.15) is 11.0 Å². The zero-order chi connectivity index (χ0) is 52.8. The lowest BCUT2D eigenvalue weighted by Gasteiger charge is -2.15. The molecule has 1 amide bonds. The molecular weight excluding hydrogens is 921 g/mol. The van der Waals surface area contributed by atoms with Gasteiger partial charge >= 0.3 is 5.97 Å². The first kappa shape index (κ1) is 54.5. The van der Waals surface area contributed by atoms with Gasteiger partial charge in [0.05, 0.1) is 100 Å². The van der Waals surface area contributed by atoms with Crippen molar-refractivity contribution in [3.05, 3.63) is 150 Å². The third-order valence-electron chi connectivity index (χ3n) is 11.1. The van der Waals surface area contributed by atoms with Crippen molar-refractivity contribution in [3.63, 3.8) is 0 Å². The van der Waals surface area contributed by atoms with Crippen molar-refractivity contribution in [1.29, 1.82) is 0 Å². The number of amides is 1. The maximum atomic E-state index is 11.7. The minimum Gasteiger partial charge on any atom is -0.478 e. The molecule has 0 aliphatic carbocycles. The van der Waals surface area contributed by atoms with Crippen LogP contribution in [0.4, 0.5) is 0 Å². The Balaban J connectivity index is 0.000000150. The van der Waals surface area contributed by atoms with E-state index in [4.69, 9.17) is 5.11 Å². The number of aromatic carboxylic acids is 1. The van der Waals surface area contributed by atoms with Gasteiger partial charge in [-0.05, 0) is 130 Å². The topological polar surface area (TPSA) is 195 Å². The van der Waals surface area contributed by atoms with Crippen LogP contribution in [-0.2, 0) is 33.0 Å². The van der Waals surface area contributed by atoms with Crippen LogP contribution in [0.1, 0.15) is 37.4 Å². The summed E-state index contributed by atoms with van der Waals surface area (Å²) >= 11 is 0. The average Bonchev–Trinajstić information content (AvgIpc) is 4.20. The summed E-state index contributed by atoms with van der Waals surface area (Å²) in [5.74, 6) is -0.976. The van der Waals surface area contributed by atoms with Crippen molar-refractivity contribution in [2.75, 3.05) is 84.6 Å². The number of carboxylic acids is 1. The number of rotatable bonds is 12.